The van der Waals surface area contributed by atoms with Crippen molar-refractivity contribution >= 4 is 34.6 Å². The van der Waals surface area contributed by atoms with Crippen molar-refractivity contribution in [3.63, 3.8) is 0 Å². The molecule has 120 valence electrons. The zero-order valence-corrected chi connectivity index (χ0v) is 13.9. The van der Waals surface area contributed by atoms with Crippen molar-refractivity contribution in [2.45, 2.75) is 19.8 Å². The number of hydrogen-bond donors (Lipinski definition) is 2. The van der Waals surface area contributed by atoms with Gasteiger partial charge >= 0.3 is 0 Å². The van der Waals surface area contributed by atoms with Crippen LogP contribution in [0.3, 0.4) is 0 Å². The molecule has 0 bridgehead atoms. The number of carbonyl (C=O) groups excluding carboxylic acids is 1. The van der Waals surface area contributed by atoms with Gasteiger partial charge < -0.3 is 15.4 Å². The fourth-order valence-electron chi connectivity index (χ4n) is 2.31. The fourth-order valence-corrected chi connectivity index (χ4v) is 2.47. The van der Waals surface area contributed by atoms with Crippen molar-refractivity contribution in [1.29, 1.82) is 0 Å². The van der Waals surface area contributed by atoms with Gasteiger partial charge in [0.1, 0.15) is 5.75 Å². The first kappa shape index (κ1) is 15.7. The Morgan fingerprint density at radius 1 is 1.17 bits per heavy atom. The number of amides is 1. The first-order chi connectivity index (χ1) is 11.1. The van der Waals surface area contributed by atoms with Gasteiger partial charge in [-0.3, -0.25) is 4.79 Å². The second-order valence-electron chi connectivity index (χ2n) is 5.77. The number of halogens is 1. The van der Waals surface area contributed by atoms with Gasteiger partial charge in [0.25, 0.3) is 0 Å². The minimum absolute atomic E-state index is 0.112. The molecule has 3 rings (SSSR count). The predicted molar refractivity (Wildman–Crippen MR) is 93.8 cm³/mol. The molecule has 1 aliphatic rings. The summed E-state index contributed by atoms with van der Waals surface area (Å²) in [7, 11) is 1.61. The highest BCUT2D eigenvalue weighted by Crippen LogP contribution is 2.33. The van der Waals surface area contributed by atoms with E-state index in [1.165, 1.54) is 0 Å². The summed E-state index contributed by atoms with van der Waals surface area (Å²) in [6.07, 6.45) is 2.00. The molecule has 1 saturated carbocycles. The molecule has 2 aromatic carbocycles. The lowest BCUT2D eigenvalue weighted by atomic mass is 10.2. The maximum atomic E-state index is 11.7. The second-order valence-corrected chi connectivity index (χ2v) is 6.17. The summed E-state index contributed by atoms with van der Waals surface area (Å²) < 4.78 is 5.36. The molecule has 2 N–H and O–H groups in total. The Labute approximate surface area is 140 Å². The number of benzene rings is 2. The minimum Gasteiger partial charge on any atom is -0.495 e. The van der Waals surface area contributed by atoms with E-state index in [0.29, 0.717) is 10.8 Å². The molecule has 0 radical (unpaired) electrons. The number of carbonyl (C=O) groups is 1. The van der Waals surface area contributed by atoms with Crippen molar-refractivity contribution in [2.75, 3.05) is 17.7 Å². The van der Waals surface area contributed by atoms with Gasteiger partial charge in [0.15, 0.2) is 0 Å². The molecule has 1 aliphatic carbocycles. The molecule has 0 heterocycles. The molecular weight excluding hydrogens is 312 g/mol. The van der Waals surface area contributed by atoms with Crippen LogP contribution < -0.4 is 15.4 Å². The third-order valence-corrected chi connectivity index (χ3v) is 4.27. The van der Waals surface area contributed by atoms with Crippen LogP contribution in [0.4, 0.5) is 17.1 Å². The molecule has 0 saturated heterocycles. The highest BCUT2D eigenvalue weighted by Gasteiger charge is 2.29. The molecule has 0 unspecified atom stereocenters. The van der Waals surface area contributed by atoms with Crippen LogP contribution in [0.1, 0.15) is 18.4 Å². The Balaban J connectivity index is 1.73. The topological polar surface area (TPSA) is 50.4 Å². The maximum absolute atomic E-state index is 11.7. The average molecular weight is 331 g/mol. The normalized spacial score (nSPS) is 13.5. The van der Waals surface area contributed by atoms with E-state index in [1.54, 1.807) is 13.2 Å². The van der Waals surface area contributed by atoms with E-state index in [9.17, 15) is 4.79 Å². The smallest absolute Gasteiger partial charge is 0.227 e. The van der Waals surface area contributed by atoms with E-state index in [4.69, 9.17) is 16.3 Å². The van der Waals surface area contributed by atoms with E-state index in [-0.39, 0.29) is 11.8 Å². The molecular formula is C18H19ClN2O2. The van der Waals surface area contributed by atoms with E-state index < -0.39 is 0 Å². The van der Waals surface area contributed by atoms with Crippen LogP contribution >= 0.6 is 11.6 Å². The molecule has 5 heteroatoms. The summed E-state index contributed by atoms with van der Waals surface area (Å²) in [5.41, 5.74) is 3.55. The lowest BCUT2D eigenvalue weighted by molar-refractivity contribution is -0.117. The monoisotopic (exact) mass is 330 g/mol. The molecule has 1 fully saturated rings. The zero-order valence-electron chi connectivity index (χ0n) is 13.2. The molecule has 23 heavy (non-hydrogen) atoms. The number of hydrogen-bond acceptors (Lipinski definition) is 3. The highest BCUT2D eigenvalue weighted by molar-refractivity contribution is 6.31. The second kappa shape index (κ2) is 6.50. The minimum atomic E-state index is 0.112. The third-order valence-electron chi connectivity index (χ3n) is 3.86. The number of methoxy groups -OCH3 is 1. The van der Waals surface area contributed by atoms with Gasteiger partial charge in [-0.15, -0.1) is 0 Å². The summed E-state index contributed by atoms with van der Waals surface area (Å²) in [5.74, 6) is 1.00. The predicted octanol–water partition coefficient (Wildman–Crippen LogP) is 4.75. The Kier molecular flexibility index (Phi) is 4.44. The summed E-state index contributed by atoms with van der Waals surface area (Å²) in [5, 5.41) is 6.91. The maximum Gasteiger partial charge on any atom is 0.227 e. The Bertz CT molecular complexity index is 725. The third kappa shape index (κ3) is 3.77. The summed E-state index contributed by atoms with van der Waals surface area (Å²) >= 11 is 6.12. The lowest BCUT2D eigenvalue weighted by Crippen LogP contribution is -2.13. The molecule has 2 aromatic rings. The number of nitrogens with one attached hydrogen (secondary N) is 2. The van der Waals surface area contributed by atoms with Crippen LogP contribution in [0.2, 0.25) is 5.02 Å². The lowest BCUT2D eigenvalue weighted by Gasteiger charge is -2.13. The average Bonchev–Trinajstić information content (AvgIpc) is 3.37. The molecule has 0 spiro atoms. The number of aryl methyl sites for hydroxylation is 1. The first-order valence-electron chi connectivity index (χ1n) is 7.59. The van der Waals surface area contributed by atoms with Gasteiger partial charge in [0, 0.05) is 28.4 Å². The van der Waals surface area contributed by atoms with E-state index in [2.05, 4.69) is 10.6 Å². The Morgan fingerprint density at radius 3 is 2.43 bits per heavy atom. The highest BCUT2D eigenvalue weighted by atomic mass is 35.5. The van der Waals surface area contributed by atoms with E-state index in [0.717, 1.165) is 35.5 Å². The van der Waals surface area contributed by atoms with Crippen molar-refractivity contribution in [1.82, 2.24) is 0 Å². The van der Waals surface area contributed by atoms with E-state index >= 15 is 0 Å². The quantitative estimate of drug-likeness (QED) is 0.831. The van der Waals surface area contributed by atoms with Crippen LogP contribution in [0.5, 0.6) is 5.75 Å². The van der Waals surface area contributed by atoms with Crippen LogP contribution in [-0.2, 0) is 4.79 Å². The van der Waals surface area contributed by atoms with Crippen molar-refractivity contribution in [3.8, 4) is 5.75 Å². The largest absolute Gasteiger partial charge is 0.495 e. The Hall–Kier alpha value is -2.20. The SMILES string of the molecule is COc1cc(Cl)c(C)cc1Nc1ccc(NC(=O)C2CC2)cc1. The Morgan fingerprint density at radius 2 is 1.83 bits per heavy atom. The van der Waals surface area contributed by atoms with Crippen molar-refractivity contribution < 1.29 is 9.53 Å². The van der Waals surface area contributed by atoms with Crippen molar-refractivity contribution in [3.05, 3.63) is 47.0 Å². The van der Waals surface area contributed by atoms with Crippen LogP contribution in [-0.4, -0.2) is 13.0 Å². The standard InChI is InChI=1S/C18H19ClN2O2/c1-11-9-16(17(23-2)10-15(11)19)20-13-5-7-14(8-6-13)21-18(22)12-3-4-12/h5-10,12,20H,3-4H2,1-2H3,(H,21,22). The number of rotatable bonds is 5. The summed E-state index contributed by atoms with van der Waals surface area (Å²) in [6.45, 7) is 1.95. The van der Waals surface area contributed by atoms with Gasteiger partial charge in [-0.1, -0.05) is 11.6 Å². The van der Waals surface area contributed by atoms with Gasteiger partial charge in [0.2, 0.25) is 5.91 Å². The molecule has 1 amide bonds. The number of anilines is 3. The summed E-state index contributed by atoms with van der Waals surface area (Å²) in [6, 6.07) is 11.4. The van der Waals surface area contributed by atoms with Gasteiger partial charge in [-0.05, 0) is 55.7 Å². The van der Waals surface area contributed by atoms with Gasteiger partial charge in [-0.25, -0.2) is 0 Å². The first-order valence-corrected chi connectivity index (χ1v) is 7.96. The summed E-state index contributed by atoms with van der Waals surface area (Å²) in [4.78, 5) is 11.7. The zero-order chi connectivity index (χ0) is 16.4. The van der Waals surface area contributed by atoms with Gasteiger partial charge in [0.05, 0.1) is 12.8 Å². The number of ether oxygens (including phenoxy) is 1. The fraction of sp³-hybridized carbons (Fsp3) is 0.278. The molecule has 0 atom stereocenters. The molecule has 0 aromatic heterocycles. The van der Waals surface area contributed by atoms with Crippen LogP contribution in [0.15, 0.2) is 36.4 Å². The van der Waals surface area contributed by atoms with Crippen LogP contribution in [0, 0.1) is 12.8 Å². The van der Waals surface area contributed by atoms with E-state index in [1.807, 2.05) is 37.3 Å². The van der Waals surface area contributed by atoms with Gasteiger partial charge in [-0.2, -0.15) is 0 Å². The van der Waals surface area contributed by atoms with Crippen molar-refractivity contribution in [2.24, 2.45) is 5.92 Å². The van der Waals surface area contributed by atoms with Crippen LogP contribution in [0.25, 0.3) is 0 Å². The molecule has 4 nitrogen and oxygen atoms in total. The molecule has 0 aliphatic heterocycles.